The van der Waals surface area contributed by atoms with Gasteiger partial charge in [0.25, 0.3) is 0 Å². The van der Waals surface area contributed by atoms with Gasteiger partial charge in [-0.1, -0.05) is 20.3 Å². The van der Waals surface area contributed by atoms with Gasteiger partial charge in [0.05, 0.1) is 0 Å². The lowest BCUT2D eigenvalue weighted by molar-refractivity contribution is 0.187. The quantitative estimate of drug-likeness (QED) is 0.785. The molecule has 1 heterocycles. The van der Waals surface area contributed by atoms with Gasteiger partial charge < -0.3 is 10.6 Å². The second kappa shape index (κ2) is 7.41. The molecule has 96 valence electrons. The summed E-state index contributed by atoms with van der Waals surface area (Å²) in [7, 11) is 2.17. The van der Waals surface area contributed by atoms with Crippen molar-refractivity contribution in [3.05, 3.63) is 30.1 Å². The predicted molar refractivity (Wildman–Crippen MR) is 72.9 cm³/mol. The summed E-state index contributed by atoms with van der Waals surface area (Å²) >= 11 is 0. The van der Waals surface area contributed by atoms with Crippen molar-refractivity contribution in [3.8, 4) is 0 Å². The number of likely N-dealkylation sites (N-methyl/N-ethyl adjacent to an activating group) is 1. The van der Waals surface area contributed by atoms with Crippen LogP contribution < -0.4 is 5.73 Å². The van der Waals surface area contributed by atoms with Crippen LogP contribution in [0.15, 0.2) is 24.5 Å². The third-order valence-corrected chi connectivity index (χ3v) is 3.61. The topological polar surface area (TPSA) is 42.1 Å². The van der Waals surface area contributed by atoms with Gasteiger partial charge in [-0.25, -0.2) is 0 Å². The van der Waals surface area contributed by atoms with E-state index >= 15 is 0 Å². The van der Waals surface area contributed by atoms with E-state index in [4.69, 9.17) is 5.73 Å². The molecule has 0 aliphatic carbocycles. The molecule has 1 aromatic heterocycles. The summed E-state index contributed by atoms with van der Waals surface area (Å²) in [6, 6.07) is 4.64. The summed E-state index contributed by atoms with van der Waals surface area (Å²) in [5.41, 5.74) is 7.21. The number of hydrogen-bond acceptors (Lipinski definition) is 3. The monoisotopic (exact) mass is 235 g/mol. The second-order valence-electron chi connectivity index (χ2n) is 4.77. The highest BCUT2D eigenvalue weighted by molar-refractivity contribution is 5.09. The summed E-state index contributed by atoms with van der Waals surface area (Å²) in [5.74, 6) is 0.655. The van der Waals surface area contributed by atoms with Crippen LogP contribution >= 0.6 is 0 Å². The molecule has 0 saturated heterocycles. The largest absolute Gasteiger partial charge is 0.329 e. The van der Waals surface area contributed by atoms with E-state index in [0.717, 1.165) is 19.5 Å². The molecule has 0 bridgehead atoms. The fourth-order valence-corrected chi connectivity index (χ4v) is 2.14. The average molecular weight is 235 g/mol. The maximum atomic E-state index is 5.87. The Bertz CT molecular complexity index is 300. The number of nitrogens with zero attached hydrogens (tertiary/aromatic N) is 2. The first-order valence-electron chi connectivity index (χ1n) is 6.48. The van der Waals surface area contributed by atoms with Crippen molar-refractivity contribution in [2.24, 2.45) is 11.7 Å². The molecule has 3 nitrogen and oxygen atoms in total. The molecule has 17 heavy (non-hydrogen) atoms. The summed E-state index contributed by atoms with van der Waals surface area (Å²) in [6.45, 7) is 6.29. The normalized spacial score (nSPS) is 14.9. The summed E-state index contributed by atoms with van der Waals surface area (Å²) in [6.07, 6.45) is 5.95. The minimum atomic E-state index is 0.488. The Balaban J connectivity index is 2.45. The molecule has 2 unspecified atom stereocenters. The zero-order valence-corrected chi connectivity index (χ0v) is 11.3. The summed E-state index contributed by atoms with van der Waals surface area (Å²) in [4.78, 5) is 6.42. The van der Waals surface area contributed by atoms with Gasteiger partial charge in [-0.2, -0.15) is 0 Å². The van der Waals surface area contributed by atoms with Gasteiger partial charge in [-0.05, 0) is 37.1 Å². The maximum Gasteiger partial charge on any atom is 0.0270 e. The molecule has 0 spiro atoms. The smallest absolute Gasteiger partial charge is 0.0270 e. The number of aromatic nitrogens is 1. The minimum absolute atomic E-state index is 0.488. The first-order chi connectivity index (χ1) is 8.19. The Labute approximate surface area is 105 Å². The van der Waals surface area contributed by atoms with Crippen molar-refractivity contribution < 1.29 is 0 Å². The van der Waals surface area contributed by atoms with Crippen LogP contribution in [-0.4, -0.2) is 36.1 Å². The van der Waals surface area contributed by atoms with Gasteiger partial charge in [0, 0.05) is 31.5 Å². The molecular weight excluding hydrogens is 210 g/mol. The van der Waals surface area contributed by atoms with Gasteiger partial charge in [0.2, 0.25) is 0 Å². The van der Waals surface area contributed by atoms with Crippen molar-refractivity contribution in [1.29, 1.82) is 0 Å². The fourth-order valence-electron chi connectivity index (χ4n) is 2.14. The van der Waals surface area contributed by atoms with Crippen LogP contribution in [0.2, 0.25) is 0 Å². The maximum absolute atomic E-state index is 5.87. The third kappa shape index (κ3) is 4.44. The van der Waals surface area contributed by atoms with Crippen LogP contribution in [0.5, 0.6) is 0 Å². The molecule has 0 fully saturated rings. The van der Waals surface area contributed by atoms with Crippen molar-refractivity contribution in [3.63, 3.8) is 0 Å². The van der Waals surface area contributed by atoms with E-state index in [1.807, 2.05) is 12.4 Å². The Kier molecular flexibility index (Phi) is 6.16. The Morgan fingerprint density at radius 2 is 2.00 bits per heavy atom. The molecular formula is C14H25N3. The Morgan fingerprint density at radius 1 is 1.35 bits per heavy atom. The molecule has 1 rings (SSSR count). The molecule has 0 aliphatic heterocycles. The third-order valence-electron chi connectivity index (χ3n) is 3.61. The first-order valence-corrected chi connectivity index (χ1v) is 6.48. The van der Waals surface area contributed by atoms with E-state index in [-0.39, 0.29) is 0 Å². The SMILES string of the molecule is CCC(C)C(CN)N(C)CCc1ccncc1. The standard InChI is InChI=1S/C14H25N3/c1-4-12(2)14(11-15)17(3)10-7-13-5-8-16-9-6-13/h5-6,8-9,12,14H,4,7,10-11,15H2,1-3H3. The number of pyridine rings is 1. The zero-order valence-electron chi connectivity index (χ0n) is 11.3. The van der Waals surface area contributed by atoms with Gasteiger partial charge in [0.15, 0.2) is 0 Å². The molecule has 0 radical (unpaired) electrons. The molecule has 3 heteroatoms. The van der Waals surface area contributed by atoms with Crippen LogP contribution in [-0.2, 0) is 6.42 Å². The lowest BCUT2D eigenvalue weighted by Crippen LogP contribution is -2.43. The zero-order chi connectivity index (χ0) is 12.7. The van der Waals surface area contributed by atoms with E-state index in [2.05, 4.69) is 42.9 Å². The van der Waals surface area contributed by atoms with Crippen LogP contribution in [0.1, 0.15) is 25.8 Å². The van der Waals surface area contributed by atoms with E-state index in [0.29, 0.717) is 12.0 Å². The highest BCUT2D eigenvalue weighted by Crippen LogP contribution is 2.13. The lowest BCUT2D eigenvalue weighted by Gasteiger charge is -2.31. The molecule has 0 saturated carbocycles. The van der Waals surface area contributed by atoms with E-state index in [1.54, 1.807) is 0 Å². The van der Waals surface area contributed by atoms with Gasteiger partial charge in [0.1, 0.15) is 0 Å². The van der Waals surface area contributed by atoms with E-state index < -0.39 is 0 Å². The first kappa shape index (κ1) is 14.1. The Hall–Kier alpha value is -0.930. The predicted octanol–water partition coefficient (Wildman–Crippen LogP) is 1.93. The Morgan fingerprint density at radius 3 is 2.53 bits per heavy atom. The summed E-state index contributed by atoms with van der Waals surface area (Å²) in [5, 5.41) is 0. The van der Waals surface area contributed by atoms with E-state index in [9.17, 15) is 0 Å². The summed E-state index contributed by atoms with van der Waals surface area (Å²) < 4.78 is 0. The van der Waals surface area contributed by atoms with Crippen molar-refractivity contribution in [2.75, 3.05) is 20.1 Å². The lowest BCUT2D eigenvalue weighted by atomic mass is 9.97. The molecule has 2 N–H and O–H groups in total. The molecule has 1 aromatic rings. The average Bonchev–Trinajstić information content (AvgIpc) is 2.38. The van der Waals surface area contributed by atoms with Crippen LogP contribution in [0, 0.1) is 5.92 Å². The highest BCUT2D eigenvalue weighted by Gasteiger charge is 2.18. The molecule has 0 aliphatic rings. The second-order valence-corrected chi connectivity index (χ2v) is 4.77. The van der Waals surface area contributed by atoms with Crippen LogP contribution in [0.25, 0.3) is 0 Å². The highest BCUT2D eigenvalue weighted by atomic mass is 15.1. The van der Waals surface area contributed by atoms with Crippen LogP contribution in [0.4, 0.5) is 0 Å². The van der Waals surface area contributed by atoms with Gasteiger partial charge in [-0.15, -0.1) is 0 Å². The molecule has 2 atom stereocenters. The fraction of sp³-hybridized carbons (Fsp3) is 0.643. The molecule has 0 amide bonds. The number of nitrogens with two attached hydrogens (primary N) is 1. The molecule has 0 aromatic carbocycles. The minimum Gasteiger partial charge on any atom is -0.329 e. The van der Waals surface area contributed by atoms with Crippen molar-refractivity contribution in [1.82, 2.24) is 9.88 Å². The number of hydrogen-bond donors (Lipinski definition) is 1. The van der Waals surface area contributed by atoms with Crippen molar-refractivity contribution in [2.45, 2.75) is 32.7 Å². The van der Waals surface area contributed by atoms with Gasteiger partial charge in [-0.3, -0.25) is 4.98 Å². The van der Waals surface area contributed by atoms with Crippen molar-refractivity contribution >= 4 is 0 Å². The van der Waals surface area contributed by atoms with E-state index in [1.165, 1.54) is 12.0 Å². The van der Waals surface area contributed by atoms with Crippen LogP contribution in [0.3, 0.4) is 0 Å². The number of rotatable bonds is 7. The van der Waals surface area contributed by atoms with Gasteiger partial charge >= 0.3 is 0 Å².